The number of aromatic nitrogens is 1. The third-order valence-corrected chi connectivity index (χ3v) is 13.4. The fourth-order valence-corrected chi connectivity index (χ4v) is 9.21. The molecule has 0 spiro atoms. The molecule has 1 aromatic heterocycles. The SMILES string of the molecule is CC.CC(=NC(=NC(C)c1ccc(-c2ccccc2)cc1)c1ccc(-c2ccccc2)cc1)c1cc(-c2ccc(-c3cc4ccccc4c4ccccc34)cc2)cc(-c2cnc3ccccc3c2)c1.CCCC.S. The molecule has 3 nitrogen and oxygen atoms in total. The van der Waals surface area contributed by atoms with Crippen molar-refractivity contribution in [3.8, 4) is 55.6 Å². The number of fused-ring (bicyclic) bond motifs is 4. The number of amidine groups is 1. The van der Waals surface area contributed by atoms with Gasteiger partial charge in [0.2, 0.25) is 0 Å². The van der Waals surface area contributed by atoms with Crippen molar-refractivity contribution in [3.05, 3.63) is 259 Å². The van der Waals surface area contributed by atoms with Gasteiger partial charge < -0.3 is 0 Å². The molecule has 0 bridgehead atoms. The van der Waals surface area contributed by atoms with E-state index in [0.29, 0.717) is 5.84 Å². The van der Waals surface area contributed by atoms with Gasteiger partial charge in [0.15, 0.2) is 5.84 Å². The Hall–Kier alpha value is -8.18. The van der Waals surface area contributed by atoms with Crippen molar-refractivity contribution < 1.29 is 0 Å². The second-order valence-corrected chi connectivity index (χ2v) is 18.2. The first-order valence-corrected chi connectivity index (χ1v) is 25.9. The molecular weight excluding hydrogens is 915 g/mol. The summed E-state index contributed by atoms with van der Waals surface area (Å²) in [6.45, 7) is 12.6. The minimum Gasteiger partial charge on any atom is -0.258 e. The number of unbranched alkanes of at least 4 members (excludes halogenated alkanes) is 1. The number of rotatable bonds is 10. The molecule has 1 heterocycles. The van der Waals surface area contributed by atoms with Gasteiger partial charge in [0.25, 0.3) is 0 Å². The van der Waals surface area contributed by atoms with Gasteiger partial charge in [-0.2, -0.15) is 13.5 Å². The highest BCUT2D eigenvalue weighted by Crippen LogP contribution is 2.37. The molecule has 10 aromatic carbocycles. The summed E-state index contributed by atoms with van der Waals surface area (Å²) in [5, 5.41) is 6.12. The van der Waals surface area contributed by atoms with Crippen LogP contribution in [0.3, 0.4) is 0 Å². The van der Waals surface area contributed by atoms with E-state index in [1.807, 2.05) is 32.2 Å². The highest BCUT2D eigenvalue weighted by atomic mass is 32.1. The standard InChI is InChI=1S/C64H47N3.C4H10.C2H6.H2S/c1-43(45-25-27-48(28-26-45)46-15-5-3-6-16-46)66-64(52-35-31-49(32-36-52)47-17-7-4-8-18-47)67-44(2)55-38-56(40-57(39-55)58-37-54-20-10-14-24-63(54)65-42-58)50-29-33-51(34-30-50)62-41-53-19-9-11-21-59(53)60-22-12-13-23-61(60)62;1-3-4-2;1-2;/h3-43H,1-2H3;3-4H2,1-2H3;1-2H3;1H2. The molecule has 0 amide bonds. The predicted octanol–water partition coefficient (Wildman–Crippen LogP) is 19.8. The molecule has 74 heavy (non-hydrogen) atoms. The summed E-state index contributed by atoms with van der Waals surface area (Å²) in [7, 11) is 0. The Bertz CT molecular complexity index is 3650. The molecule has 4 heteroatoms. The number of aliphatic imine (C=N–C) groups is 2. The smallest absolute Gasteiger partial charge is 0.155 e. The quantitative estimate of drug-likeness (QED) is 0.0764. The van der Waals surface area contributed by atoms with Gasteiger partial charge in [0.1, 0.15) is 0 Å². The maximum Gasteiger partial charge on any atom is 0.155 e. The summed E-state index contributed by atoms with van der Waals surface area (Å²) in [6, 6.07) is 84.2. The molecule has 0 aliphatic carbocycles. The number of hydrogen-bond acceptors (Lipinski definition) is 2. The van der Waals surface area contributed by atoms with E-state index in [-0.39, 0.29) is 19.5 Å². The second-order valence-electron chi connectivity index (χ2n) is 18.2. The van der Waals surface area contributed by atoms with Crippen LogP contribution in [0, 0.1) is 0 Å². The van der Waals surface area contributed by atoms with Gasteiger partial charge in [-0.05, 0) is 133 Å². The number of benzene rings is 10. The molecule has 0 N–H and O–H groups in total. The maximum atomic E-state index is 5.43. The van der Waals surface area contributed by atoms with E-state index in [1.165, 1.54) is 62.2 Å². The molecule has 11 rings (SSSR count). The molecule has 1 atom stereocenters. The summed E-state index contributed by atoms with van der Waals surface area (Å²) in [5.41, 5.74) is 16.4. The van der Waals surface area contributed by atoms with Crippen LogP contribution in [0.15, 0.2) is 253 Å². The Morgan fingerprint density at radius 3 is 1.51 bits per heavy atom. The summed E-state index contributed by atoms with van der Waals surface area (Å²) in [6.07, 6.45) is 4.62. The largest absolute Gasteiger partial charge is 0.258 e. The van der Waals surface area contributed by atoms with E-state index in [9.17, 15) is 0 Å². The topological polar surface area (TPSA) is 37.6 Å². The van der Waals surface area contributed by atoms with E-state index in [2.05, 4.69) is 252 Å². The summed E-state index contributed by atoms with van der Waals surface area (Å²) >= 11 is 0. The van der Waals surface area contributed by atoms with Crippen LogP contribution in [0.25, 0.3) is 88.1 Å². The minimum absolute atomic E-state index is 0. The Morgan fingerprint density at radius 1 is 0.419 bits per heavy atom. The Balaban J connectivity index is 0.000000995. The van der Waals surface area contributed by atoms with E-state index < -0.39 is 0 Å². The zero-order chi connectivity index (χ0) is 50.5. The fourth-order valence-electron chi connectivity index (χ4n) is 9.21. The van der Waals surface area contributed by atoms with Crippen LogP contribution in [-0.2, 0) is 0 Å². The average Bonchev–Trinajstić information content (AvgIpc) is 3.47. The summed E-state index contributed by atoms with van der Waals surface area (Å²) in [5.74, 6) is 0.683. The molecule has 1 unspecified atom stereocenters. The van der Waals surface area contributed by atoms with Crippen molar-refractivity contribution >= 4 is 57.5 Å². The zero-order valence-electron chi connectivity index (χ0n) is 43.4. The number of pyridine rings is 1. The lowest BCUT2D eigenvalue weighted by atomic mass is 9.91. The van der Waals surface area contributed by atoms with Crippen molar-refractivity contribution in [2.45, 2.75) is 60.4 Å². The van der Waals surface area contributed by atoms with Crippen LogP contribution in [0.4, 0.5) is 0 Å². The van der Waals surface area contributed by atoms with Gasteiger partial charge in [-0.1, -0.05) is 241 Å². The third kappa shape index (κ3) is 12.0. The average molecular weight is 980 g/mol. The molecule has 0 aliphatic heterocycles. The van der Waals surface area contributed by atoms with Crippen LogP contribution in [0.5, 0.6) is 0 Å². The van der Waals surface area contributed by atoms with Gasteiger partial charge in [-0.15, -0.1) is 0 Å². The second kappa shape index (κ2) is 25.0. The van der Waals surface area contributed by atoms with Crippen LogP contribution >= 0.6 is 13.5 Å². The fraction of sp³-hybridized carbons (Fsp3) is 0.129. The minimum atomic E-state index is -0.144. The lowest BCUT2D eigenvalue weighted by Gasteiger charge is -2.14. The third-order valence-electron chi connectivity index (χ3n) is 13.4. The molecule has 0 saturated carbocycles. The highest BCUT2D eigenvalue weighted by molar-refractivity contribution is 7.59. The van der Waals surface area contributed by atoms with Crippen molar-refractivity contribution in [2.75, 3.05) is 0 Å². The molecule has 0 radical (unpaired) electrons. The van der Waals surface area contributed by atoms with Crippen LogP contribution in [0.2, 0.25) is 0 Å². The van der Waals surface area contributed by atoms with E-state index in [1.54, 1.807) is 0 Å². The molecule has 366 valence electrons. The van der Waals surface area contributed by atoms with Crippen molar-refractivity contribution in [3.63, 3.8) is 0 Å². The summed E-state index contributed by atoms with van der Waals surface area (Å²) in [4.78, 5) is 15.7. The lowest BCUT2D eigenvalue weighted by molar-refractivity contribution is 0.819. The Morgan fingerprint density at radius 2 is 0.892 bits per heavy atom. The maximum absolute atomic E-state index is 5.43. The number of para-hydroxylation sites is 1. The van der Waals surface area contributed by atoms with Crippen molar-refractivity contribution in [1.82, 2.24) is 4.98 Å². The Labute approximate surface area is 445 Å². The first-order chi connectivity index (χ1) is 35.9. The van der Waals surface area contributed by atoms with Crippen LogP contribution in [0.1, 0.15) is 77.1 Å². The van der Waals surface area contributed by atoms with Crippen LogP contribution in [-0.4, -0.2) is 16.5 Å². The summed E-state index contributed by atoms with van der Waals surface area (Å²) < 4.78 is 0. The predicted molar refractivity (Wildman–Crippen MR) is 326 cm³/mol. The molecule has 0 fully saturated rings. The van der Waals surface area contributed by atoms with E-state index >= 15 is 0 Å². The Kier molecular flexibility index (Phi) is 17.6. The van der Waals surface area contributed by atoms with Gasteiger partial charge in [0, 0.05) is 28.4 Å². The van der Waals surface area contributed by atoms with Gasteiger partial charge in [-0.3, -0.25) is 9.98 Å². The first-order valence-electron chi connectivity index (χ1n) is 25.9. The van der Waals surface area contributed by atoms with Crippen LogP contribution < -0.4 is 0 Å². The lowest BCUT2D eigenvalue weighted by Crippen LogP contribution is -2.06. The van der Waals surface area contributed by atoms with Crippen molar-refractivity contribution in [2.24, 2.45) is 9.98 Å². The normalized spacial score (nSPS) is 11.8. The molecular formula is C70H65N3S. The molecule has 0 aliphatic rings. The van der Waals surface area contributed by atoms with Crippen molar-refractivity contribution in [1.29, 1.82) is 0 Å². The number of nitrogens with zero attached hydrogens (tertiary/aromatic N) is 3. The van der Waals surface area contributed by atoms with Gasteiger partial charge in [-0.25, -0.2) is 4.99 Å². The monoisotopic (exact) mass is 979 g/mol. The molecule has 11 aromatic rings. The first kappa shape index (κ1) is 52.2. The highest BCUT2D eigenvalue weighted by Gasteiger charge is 2.15. The van der Waals surface area contributed by atoms with Gasteiger partial charge in [0.05, 0.1) is 11.6 Å². The van der Waals surface area contributed by atoms with Gasteiger partial charge >= 0.3 is 0 Å². The number of hydrogen-bond donors (Lipinski definition) is 0. The van der Waals surface area contributed by atoms with E-state index in [4.69, 9.17) is 15.0 Å². The van der Waals surface area contributed by atoms with E-state index in [0.717, 1.165) is 61.1 Å². The molecule has 0 saturated heterocycles. The zero-order valence-corrected chi connectivity index (χ0v) is 44.4.